The van der Waals surface area contributed by atoms with Gasteiger partial charge in [0.05, 0.1) is 18.7 Å². The lowest BCUT2D eigenvalue weighted by Gasteiger charge is -2.38. The molecule has 33 heavy (non-hydrogen) atoms. The van der Waals surface area contributed by atoms with Crippen LogP contribution in [0.15, 0.2) is 29.2 Å². The Morgan fingerprint density at radius 1 is 1.36 bits per heavy atom. The molecule has 2 heterocycles. The summed E-state index contributed by atoms with van der Waals surface area (Å²) < 4.78 is 34.6. The van der Waals surface area contributed by atoms with Crippen LogP contribution >= 0.6 is 0 Å². The fourth-order valence-corrected chi connectivity index (χ4v) is 4.61. The molecule has 2 aromatic rings. The summed E-state index contributed by atoms with van der Waals surface area (Å²) >= 11 is 0. The third-order valence-electron chi connectivity index (χ3n) is 6.52. The summed E-state index contributed by atoms with van der Waals surface area (Å²) in [6, 6.07) is 2.42. The summed E-state index contributed by atoms with van der Waals surface area (Å²) in [6.45, 7) is 1.60. The van der Waals surface area contributed by atoms with Crippen molar-refractivity contribution in [2.45, 2.75) is 57.1 Å². The first-order valence-electron chi connectivity index (χ1n) is 10.7. The zero-order chi connectivity index (χ0) is 23.9. The number of pyridine rings is 1. The van der Waals surface area contributed by atoms with Gasteiger partial charge in [-0.1, -0.05) is 6.07 Å². The molecule has 2 bridgehead atoms. The SMILES string of the molecule is C[C@H](NC(=O)c1cn(CC2OC3CCC(C3)N2C)c(C=O)c(O)c1=O)c1ccc(F)cc1F. The zero-order valence-electron chi connectivity index (χ0n) is 18.3. The van der Waals surface area contributed by atoms with Gasteiger partial charge in [-0.05, 0) is 39.3 Å². The van der Waals surface area contributed by atoms with Crippen LogP contribution < -0.4 is 10.7 Å². The van der Waals surface area contributed by atoms with Gasteiger partial charge < -0.3 is 19.7 Å². The number of aromatic nitrogens is 1. The number of aldehydes is 1. The quantitative estimate of drug-likeness (QED) is 0.641. The highest BCUT2D eigenvalue weighted by atomic mass is 19.1. The summed E-state index contributed by atoms with van der Waals surface area (Å²) in [6.07, 6.45) is 4.12. The van der Waals surface area contributed by atoms with Gasteiger partial charge in [-0.3, -0.25) is 19.3 Å². The second kappa shape index (κ2) is 9.03. The van der Waals surface area contributed by atoms with Gasteiger partial charge in [-0.2, -0.15) is 0 Å². The Labute approximate surface area is 188 Å². The molecule has 2 aliphatic rings. The highest BCUT2D eigenvalue weighted by molar-refractivity contribution is 5.95. The first-order chi connectivity index (χ1) is 15.7. The van der Waals surface area contributed by atoms with Crippen molar-refractivity contribution in [3.63, 3.8) is 0 Å². The van der Waals surface area contributed by atoms with E-state index in [2.05, 4.69) is 5.32 Å². The normalized spacial score (nSPS) is 23.3. The predicted octanol–water partition coefficient (Wildman–Crippen LogP) is 2.34. The Balaban J connectivity index is 1.61. The minimum atomic E-state index is -1.02. The molecule has 8 nitrogen and oxygen atoms in total. The number of aromatic hydroxyl groups is 1. The van der Waals surface area contributed by atoms with Crippen LogP contribution in [0.4, 0.5) is 8.78 Å². The van der Waals surface area contributed by atoms with E-state index in [1.165, 1.54) is 23.8 Å². The van der Waals surface area contributed by atoms with Crippen molar-refractivity contribution in [1.29, 1.82) is 0 Å². The average Bonchev–Trinajstić information content (AvgIpc) is 3.17. The number of nitrogens with zero attached hydrogens (tertiary/aromatic N) is 2. The monoisotopic (exact) mass is 461 g/mol. The maximum absolute atomic E-state index is 14.1. The molecule has 1 aliphatic heterocycles. The smallest absolute Gasteiger partial charge is 0.257 e. The van der Waals surface area contributed by atoms with Crippen LogP contribution in [0, 0.1) is 11.6 Å². The van der Waals surface area contributed by atoms with Gasteiger partial charge in [-0.25, -0.2) is 8.78 Å². The molecule has 2 fully saturated rings. The molecular weight excluding hydrogens is 436 g/mol. The van der Waals surface area contributed by atoms with Crippen molar-refractivity contribution in [3.05, 3.63) is 63.1 Å². The number of nitrogens with one attached hydrogen (secondary N) is 1. The van der Waals surface area contributed by atoms with E-state index < -0.39 is 46.6 Å². The fourth-order valence-electron chi connectivity index (χ4n) is 4.61. The number of carbonyl (C=O) groups is 2. The minimum absolute atomic E-state index is 0.0338. The van der Waals surface area contributed by atoms with Crippen LogP contribution in [-0.4, -0.2) is 52.2 Å². The molecule has 1 aliphatic carbocycles. The molecule has 4 atom stereocenters. The molecule has 4 rings (SSSR count). The lowest BCUT2D eigenvalue weighted by molar-refractivity contribution is -0.134. The molecule has 1 aromatic heterocycles. The minimum Gasteiger partial charge on any atom is -0.503 e. The maximum Gasteiger partial charge on any atom is 0.257 e. The summed E-state index contributed by atoms with van der Waals surface area (Å²) in [7, 11) is 1.91. The first kappa shape index (κ1) is 23.1. The summed E-state index contributed by atoms with van der Waals surface area (Å²) in [5.41, 5.74) is -1.65. The van der Waals surface area contributed by atoms with Crippen molar-refractivity contribution in [1.82, 2.24) is 14.8 Å². The van der Waals surface area contributed by atoms with Crippen LogP contribution in [0.2, 0.25) is 0 Å². The summed E-state index contributed by atoms with van der Waals surface area (Å²) in [5, 5.41) is 12.8. The number of benzene rings is 1. The van der Waals surface area contributed by atoms with Crippen molar-refractivity contribution in [3.8, 4) is 5.75 Å². The second-order valence-electron chi connectivity index (χ2n) is 8.58. The molecule has 1 saturated carbocycles. The molecule has 0 spiro atoms. The van der Waals surface area contributed by atoms with Crippen LogP contribution in [-0.2, 0) is 11.3 Å². The fraction of sp³-hybridized carbons (Fsp3) is 0.435. The Bertz CT molecular complexity index is 1150. The number of fused-ring (bicyclic) bond motifs is 2. The van der Waals surface area contributed by atoms with E-state index in [4.69, 9.17) is 4.74 Å². The van der Waals surface area contributed by atoms with Crippen molar-refractivity contribution >= 4 is 12.2 Å². The number of carbonyl (C=O) groups excluding carboxylic acids is 2. The maximum atomic E-state index is 14.1. The Hall–Kier alpha value is -3.11. The van der Waals surface area contributed by atoms with Crippen molar-refractivity contribution < 1.29 is 28.2 Å². The van der Waals surface area contributed by atoms with Crippen LogP contribution in [0.5, 0.6) is 5.75 Å². The van der Waals surface area contributed by atoms with E-state index in [1.807, 2.05) is 11.9 Å². The molecule has 2 N–H and O–H groups in total. The topological polar surface area (TPSA) is 101 Å². The Morgan fingerprint density at radius 3 is 2.82 bits per heavy atom. The predicted molar refractivity (Wildman–Crippen MR) is 114 cm³/mol. The van der Waals surface area contributed by atoms with Gasteiger partial charge in [0, 0.05) is 23.9 Å². The third-order valence-corrected chi connectivity index (χ3v) is 6.52. The molecule has 1 aromatic carbocycles. The summed E-state index contributed by atoms with van der Waals surface area (Å²) in [5.74, 6) is -3.31. The van der Waals surface area contributed by atoms with Gasteiger partial charge >= 0.3 is 0 Å². The number of hydrogen-bond donors (Lipinski definition) is 2. The van der Waals surface area contributed by atoms with E-state index in [0.717, 1.165) is 25.3 Å². The van der Waals surface area contributed by atoms with E-state index in [0.29, 0.717) is 18.4 Å². The number of rotatable bonds is 6. The Kier molecular flexibility index (Phi) is 6.31. The first-order valence-corrected chi connectivity index (χ1v) is 10.7. The molecule has 3 unspecified atom stereocenters. The molecule has 10 heteroatoms. The molecule has 1 amide bonds. The van der Waals surface area contributed by atoms with Crippen molar-refractivity contribution in [2.24, 2.45) is 0 Å². The second-order valence-corrected chi connectivity index (χ2v) is 8.58. The van der Waals surface area contributed by atoms with Gasteiger partial charge in [0.25, 0.3) is 5.91 Å². The highest BCUT2D eigenvalue weighted by Crippen LogP contribution is 2.34. The van der Waals surface area contributed by atoms with E-state index in [9.17, 15) is 28.3 Å². The van der Waals surface area contributed by atoms with Gasteiger partial charge in [0.1, 0.15) is 29.1 Å². The van der Waals surface area contributed by atoms with Crippen LogP contribution in [0.3, 0.4) is 0 Å². The largest absolute Gasteiger partial charge is 0.503 e. The molecular formula is C23H25F2N3O5. The van der Waals surface area contributed by atoms with Crippen molar-refractivity contribution in [2.75, 3.05) is 7.05 Å². The van der Waals surface area contributed by atoms with Gasteiger partial charge in [-0.15, -0.1) is 0 Å². The van der Waals surface area contributed by atoms with E-state index >= 15 is 0 Å². The van der Waals surface area contributed by atoms with Crippen LogP contribution in [0.25, 0.3) is 0 Å². The molecule has 0 radical (unpaired) electrons. The number of likely N-dealkylation sites (N-methyl/N-ethyl adjacent to an activating group) is 1. The number of hydrogen-bond acceptors (Lipinski definition) is 6. The average molecular weight is 461 g/mol. The molecule has 1 saturated heterocycles. The standard InChI is InChI=1S/C23H25F2N3O5/c1-12(16-6-3-13(24)7-18(16)25)26-23(32)17-9-28(19(11-29)22(31)21(17)30)10-20-27(2)14-4-5-15(8-14)33-20/h3,6-7,9,11-12,14-15,20,31H,4-5,8,10H2,1-2H3,(H,26,32)/t12-,14?,15?,20?/m0/s1. The number of halogens is 2. The number of ether oxygens (including phenoxy) is 1. The van der Waals surface area contributed by atoms with Crippen LogP contribution in [0.1, 0.15) is 58.6 Å². The highest BCUT2D eigenvalue weighted by Gasteiger charge is 2.39. The Morgan fingerprint density at radius 2 is 2.12 bits per heavy atom. The third kappa shape index (κ3) is 4.40. The lowest BCUT2D eigenvalue weighted by atomic mass is 10.1. The van der Waals surface area contributed by atoms with Gasteiger partial charge in [0.2, 0.25) is 5.43 Å². The lowest BCUT2D eigenvalue weighted by Crippen LogP contribution is -2.48. The van der Waals surface area contributed by atoms with E-state index in [-0.39, 0.29) is 23.9 Å². The van der Waals surface area contributed by atoms with E-state index in [1.54, 1.807) is 0 Å². The van der Waals surface area contributed by atoms with Gasteiger partial charge in [0.15, 0.2) is 12.0 Å². The zero-order valence-corrected chi connectivity index (χ0v) is 18.3. The number of amides is 1. The summed E-state index contributed by atoms with van der Waals surface area (Å²) in [4.78, 5) is 39.1. The molecule has 176 valence electrons.